The van der Waals surface area contributed by atoms with Gasteiger partial charge in [0, 0.05) is 7.05 Å². The maximum Gasteiger partial charge on any atom is 0.295 e. The van der Waals surface area contributed by atoms with Gasteiger partial charge in [-0.05, 0) is 26.0 Å². The molecule has 0 aliphatic rings. The van der Waals surface area contributed by atoms with E-state index < -0.39 is 5.91 Å². The van der Waals surface area contributed by atoms with Crippen LogP contribution in [0.4, 0.5) is 5.69 Å². The summed E-state index contributed by atoms with van der Waals surface area (Å²) >= 11 is 0. The molecule has 0 unspecified atom stereocenters. The number of anilines is 1. The molecule has 0 atom stereocenters. The Kier molecular flexibility index (Phi) is 3.61. The van der Waals surface area contributed by atoms with Gasteiger partial charge < -0.3 is 9.84 Å². The zero-order chi connectivity index (χ0) is 16.6. The highest BCUT2D eigenvalue weighted by Gasteiger charge is 2.20. The fraction of sp³-hybridized carbons (Fsp3) is 0.188. The van der Waals surface area contributed by atoms with E-state index in [-0.39, 0.29) is 11.2 Å². The van der Waals surface area contributed by atoms with E-state index >= 15 is 0 Å². The molecule has 1 aromatic carbocycles. The summed E-state index contributed by atoms with van der Waals surface area (Å²) in [5.41, 5.74) is 1.63. The van der Waals surface area contributed by atoms with Crippen LogP contribution in [0.1, 0.15) is 21.8 Å². The third-order valence-corrected chi connectivity index (χ3v) is 3.79. The van der Waals surface area contributed by atoms with E-state index in [4.69, 9.17) is 4.52 Å². The lowest BCUT2D eigenvalue weighted by Gasteiger charge is -2.07. The van der Waals surface area contributed by atoms with Crippen molar-refractivity contribution in [2.24, 2.45) is 7.05 Å². The van der Waals surface area contributed by atoms with Crippen molar-refractivity contribution < 1.29 is 9.32 Å². The third-order valence-electron chi connectivity index (χ3n) is 3.79. The standard InChI is InChI=1S/C16H16N4O3/c1-10-14(18-15(21)13-9-17-23-11(13)2)16(22)20(19(10)3)12-7-5-4-6-8-12/h4-9H,1-3H3,(H,18,21). The van der Waals surface area contributed by atoms with E-state index in [1.807, 2.05) is 30.3 Å². The number of hydrogen-bond acceptors (Lipinski definition) is 4. The second-order valence-corrected chi connectivity index (χ2v) is 5.19. The average molecular weight is 312 g/mol. The summed E-state index contributed by atoms with van der Waals surface area (Å²) in [6, 6.07) is 9.24. The zero-order valence-corrected chi connectivity index (χ0v) is 13.0. The molecular weight excluding hydrogens is 296 g/mol. The molecule has 3 aromatic rings. The van der Waals surface area contributed by atoms with Gasteiger partial charge in [0.1, 0.15) is 17.0 Å². The quantitative estimate of drug-likeness (QED) is 0.802. The number of aromatic nitrogens is 3. The molecule has 7 heteroatoms. The molecule has 0 aliphatic carbocycles. The Labute approximate surface area is 132 Å². The van der Waals surface area contributed by atoms with Gasteiger partial charge in [-0.1, -0.05) is 23.4 Å². The van der Waals surface area contributed by atoms with Crippen molar-refractivity contribution in [3.63, 3.8) is 0 Å². The van der Waals surface area contributed by atoms with Gasteiger partial charge >= 0.3 is 0 Å². The minimum absolute atomic E-state index is 0.238. The van der Waals surface area contributed by atoms with Crippen molar-refractivity contribution in [2.45, 2.75) is 13.8 Å². The number of nitrogens with one attached hydrogen (secondary N) is 1. The van der Waals surface area contributed by atoms with Gasteiger partial charge in [0.2, 0.25) is 0 Å². The molecule has 3 rings (SSSR count). The number of carbonyl (C=O) groups excluding carboxylic acids is 1. The van der Waals surface area contributed by atoms with Crippen LogP contribution in [0.25, 0.3) is 5.69 Å². The Bertz CT molecular complexity index is 919. The van der Waals surface area contributed by atoms with Crippen LogP contribution in [0.15, 0.2) is 45.8 Å². The zero-order valence-electron chi connectivity index (χ0n) is 13.0. The summed E-state index contributed by atoms with van der Waals surface area (Å²) in [5, 5.41) is 6.23. The number of para-hydroxylation sites is 1. The van der Waals surface area contributed by atoms with Gasteiger partial charge in [-0.25, -0.2) is 4.68 Å². The number of amides is 1. The Morgan fingerprint density at radius 1 is 1.22 bits per heavy atom. The Morgan fingerprint density at radius 2 is 1.91 bits per heavy atom. The molecule has 23 heavy (non-hydrogen) atoms. The smallest absolute Gasteiger partial charge is 0.295 e. The molecule has 0 saturated carbocycles. The van der Waals surface area contributed by atoms with Gasteiger partial charge in [-0.15, -0.1) is 0 Å². The fourth-order valence-electron chi connectivity index (χ4n) is 2.41. The molecule has 1 amide bonds. The van der Waals surface area contributed by atoms with Crippen molar-refractivity contribution in [1.29, 1.82) is 0 Å². The molecule has 7 nitrogen and oxygen atoms in total. The van der Waals surface area contributed by atoms with Crippen LogP contribution < -0.4 is 10.9 Å². The van der Waals surface area contributed by atoms with Crippen LogP contribution in [0.5, 0.6) is 0 Å². The lowest BCUT2D eigenvalue weighted by Crippen LogP contribution is -2.23. The maximum absolute atomic E-state index is 12.7. The first-order chi connectivity index (χ1) is 11.0. The van der Waals surface area contributed by atoms with Crippen molar-refractivity contribution in [3.05, 3.63) is 63.9 Å². The molecule has 0 spiro atoms. The SMILES string of the molecule is Cc1oncc1C(=O)Nc1c(C)n(C)n(-c2ccccc2)c1=O. The first-order valence-electron chi connectivity index (χ1n) is 7.07. The highest BCUT2D eigenvalue weighted by molar-refractivity contribution is 6.04. The van der Waals surface area contributed by atoms with Gasteiger partial charge in [-0.2, -0.15) is 0 Å². The predicted molar refractivity (Wildman–Crippen MR) is 84.9 cm³/mol. The molecule has 0 aliphatic heterocycles. The summed E-state index contributed by atoms with van der Waals surface area (Å²) in [4.78, 5) is 25.0. The summed E-state index contributed by atoms with van der Waals surface area (Å²) in [5.74, 6) is -0.0192. The van der Waals surface area contributed by atoms with Crippen LogP contribution in [0.2, 0.25) is 0 Å². The Hall–Kier alpha value is -3.09. The van der Waals surface area contributed by atoms with E-state index in [2.05, 4.69) is 10.5 Å². The molecule has 0 bridgehead atoms. The molecule has 0 saturated heterocycles. The number of benzene rings is 1. The highest BCUT2D eigenvalue weighted by atomic mass is 16.5. The summed E-state index contributed by atoms with van der Waals surface area (Å²) in [6.07, 6.45) is 1.33. The predicted octanol–water partition coefficient (Wildman–Crippen LogP) is 2.03. The van der Waals surface area contributed by atoms with Crippen LogP contribution in [-0.4, -0.2) is 20.4 Å². The van der Waals surface area contributed by atoms with Crippen LogP contribution in [0, 0.1) is 13.8 Å². The summed E-state index contributed by atoms with van der Waals surface area (Å²) in [7, 11) is 1.77. The van der Waals surface area contributed by atoms with Gasteiger partial charge in [0.25, 0.3) is 11.5 Å². The number of hydrogen-bond donors (Lipinski definition) is 1. The van der Waals surface area contributed by atoms with Gasteiger partial charge in [-0.3, -0.25) is 14.3 Å². The Morgan fingerprint density at radius 3 is 2.52 bits per heavy atom. The van der Waals surface area contributed by atoms with Gasteiger partial charge in [0.15, 0.2) is 0 Å². The van der Waals surface area contributed by atoms with E-state index in [0.29, 0.717) is 17.0 Å². The summed E-state index contributed by atoms with van der Waals surface area (Å²) in [6.45, 7) is 3.42. The number of aryl methyl sites for hydroxylation is 1. The van der Waals surface area contributed by atoms with E-state index in [0.717, 1.165) is 5.69 Å². The fourth-order valence-corrected chi connectivity index (χ4v) is 2.41. The van der Waals surface area contributed by atoms with Crippen LogP contribution >= 0.6 is 0 Å². The second-order valence-electron chi connectivity index (χ2n) is 5.19. The number of rotatable bonds is 3. The van der Waals surface area contributed by atoms with Crippen LogP contribution in [-0.2, 0) is 7.05 Å². The van der Waals surface area contributed by atoms with Crippen molar-refractivity contribution in [1.82, 2.24) is 14.5 Å². The van der Waals surface area contributed by atoms with Crippen molar-refractivity contribution in [2.75, 3.05) is 5.32 Å². The van der Waals surface area contributed by atoms with E-state index in [1.165, 1.54) is 10.9 Å². The summed E-state index contributed by atoms with van der Waals surface area (Å²) < 4.78 is 8.09. The monoisotopic (exact) mass is 312 g/mol. The van der Waals surface area contributed by atoms with Gasteiger partial charge in [0.05, 0.1) is 17.6 Å². The topological polar surface area (TPSA) is 82.1 Å². The van der Waals surface area contributed by atoms with E-state index in [9.17, 15) is 9.59 Å². The first kappa shape index (κ1) is 14.8. The lowest BCUT2D eigenvalue weighted by molar-refractivity contribution is 0.102. The highest BCUT2D eigenvalue weighted by Crippen LogP contribution is 2.16. The van der Waals surface area contributed by atoms with E-state index in [1.54, 1.807) is 25.6 Å². The second kappa shape index (κ2) is 5.60. The molecule has 1 N–H and O–H groups in total. The number of nitrogens with zero attached hydrogens (tertiary/aromatic N) is 3. The van der Waals surface area contributed by atoms with Crippen molar-refractivity contribution in [3.8, 4) is 5.69 Å². The molecule has 0 radical (unpaired) electrons. The Balaban J connectivity index is 2.03. The largest absolute Gasteiger partial charge is 0.361 e. The lowest BCUT2D eigenvalue weighted by atomic mass is 10.2. The number of carbonyl (C=O) groups is 1. The maximum atomic E-state index is 12.7. The molecule has 118 valence electrons. The van der Waals surface area contributed by atoms with Crippen molar-refractivity contribution >= 4 is 11.6 Å². The molecule has 2 heterocycles. The minimum atomic E-state index is -0.422. The molecule has 2 aromatic heterocycles. The van der Waals surface area contributed by atoms with Crippen LogP contribution in [0.3, 0.4) is 0 Å². The molecule has 0 fully saturated rings. The first-order valence-corrected chi connectivity index (χ1v) is 7.07. The molecular formula is C16H16N4O3. The average Bonchev–Trinajstić information content (AvgIpc) is 3.06. The minimum Gasteiger partial charge on any atom is -0.361 e. The normalized spacial score (nSPS) is 10.7. The third kappa shape index (κ3) is 2.46.